The largest absolute Gasteiger partial charge is 0.344 e. The van der Waals surface area contributed by atoms with Crippen LogP contribution >= 0.6 is 0 Å². The molecule has 13 nitrogen and oxygen atoms in total. The van der Waals surface area contributed by atoms with Crippen LogP contribution in [0.15, 0.2) is 60.7 Å². The van der Waals surface area contributed by atoms with Crippen LogP contribution in [0.2, 0.25) is 0 Å². The minimum absolute atomic E-state index is 0.00578. The van der Waals surface area contributed by atoms with Gasteiger partial charge in [0.2, 0.25) is 35.4 Å². The maximum atomic E-state index is 14.8. The van der Waals surface area contributed by atoms with Gasteiger partial charge in [-0.25, -0.2) is 0 Å². The second-order valence-corrected chi connectivity index (χ2v) is 15.3. The summed E-state index contributed by atoms with van der Waals surface area (Å²) in [6, 6.07) is 10.6. The Morgan fingerprint density at radius 1 is 0.519 bits per heavy atom. The van der Waals surface area contributed by atoms with Crippen molar-refractivity contribution in [2.75, 3.05) is 0 Å². The van der Waals surface area contributed by atoms with E-state index in [2.05, 4.69) is 10.6 Å². The average Bonchev–Trinajstić information content (AvgIpc) is 3.10. The van der Waals surface area contributed by atoms with Crippen molar-refractivity contribution in [2.45, 2.75) is 118 Å². The lowest BCUT2D eigenvalue weighted by atomic mass is 9.91. The lowest BCUT2D eigenvalue weighted by Gasteiger charge is -2.36. The quantitative estimate of drug-likeness (QED) is 0.177. The predicted molar refractivity (Wildman–Crippen MR) is 207 cm³/mol. The van der Waals surface area contributed by atoms with Gasteiger partial charge in [-0.05, 0) is 47.6 Å². The van der Waals surface area contributed by atoms with Crippen molar-refractivity contribution in [3.63, 3.8) is 0 Å². The van der Waals surface area contributed by atoms with E-state index < -0.39 is 89.3 Å². The van der Waals surface area contributed by atoms with Gasteiger partial charge in [0.1, 0.15) is 12.1 Å². The van der Waals surface area contributed by atoms with Crippen molar-refractivity contribution in [3.05, 3.63) is 71.8 Å². The van der Waals surface area contributed by atoms with Crippen LogP contribution in [0.3, 0.4) is 0 Å². The number of nitrogens with two attached hydrogens (primary N) is 2. The van der Waals surface area contributed by atoms with E-state index in [1.54, 1.807) is 116 Å². The molecule has 0 saturated heterocycles. The second-order valence-electron chi connectivity index (χ2n) is 15.3. The first-order valence-corrected chi connectivity index (χ1v) is 18.6. The van der Waals surface area contributed by atoms with Crippen LogP contribution in [0.1, 0.15) is 80.4 Å². The average molecular weight is 749 g/mol. The second kappa shape index (κ2) is 20.6. The Bertz CT molecular complexity index is 1490. The number of carbonyl (C=O) groups excluding carboxylic acids is 7. The van der Waals surface area contributed by atoms with Gasteiger partial charge in [-0.15, -0.1) is 0 Å². The topological polar surface area (TPSA) is 202 Å². The van der Waals surface area contributed by atoms with Gasteiger partial charge in [-0.3, -0.25) is 43.4 Å². The van der Waals surface area contributed by atoms with E-state index in [4.69, 9.17) is 11.5 Å². The summed E-state index contributed by atoms with van der Waals surface area (Å²) < 4.78 is 0. The molecule has 0 saturated carbocycles. The lowest BCUT2D eigenvalue weighted by Crippen LogP contribution is -2.63. The molecule has 0 aromatic heterocycles. The normalized spacial score (nSPS) is 14.8. The Morgan fingerprint density at radius 2 is 0.815 bits per heavy atom. The molecule has 0 bridgehead atoms. The number of imide groups is 2. The molecule has 0 aliphatic rings. The molecule has 0 fully saturated rings. The smallest absolute Gasteiger partial charge is 0.247 e. The first-order chi connectivity index (χ1) is 25.2. The van der Waals surface area contributed by atoms with E-state index >= 15 is 0 Å². The molecule has 296 valence electrons. The highest BCUT2D eigenvalue weighted by atomic mass is 16.2. The first kappa shape index (κ1) is 45.4. The molecule has 6 atom stereocenters. The van der Waals surface area contributed by atoms with Gasteiger partial charge in [-0.2, -0.15) is 0 Å². The van der Waals surface area contributed by atoms with E-state index in [-0.39, 0.29) is 24.7 Å². The number of nitrogens with zero attached hydrogens (tertiary/aromatic N) is 2. The molecule has 0 radical (unpaired) electrons. The molecular formula is C41H60N6O7. The Morgan fingerprint density at radius 3 is 1.06 bits per heavy atom. The van der Waals surface area contributed by atoms with Gasteiger partial charge in [-0.1, -0.05) is 116 Å². The number of amides is 6. The van der Waals surface area contributed by atoms with Gasteiger partial charge in [0.15, 0.2) is 5.78 Å². The molecule has 0 heterocycles. The minimum Gasteiger partial charge on any atom is -0.344 e. The predicted octanol–water partition coefficient (Wildman–Crippen LogP) is 2.78. The maximum Gasteiger partial charge on any atom is 0.247 e. The number of carbonyl (C=O) groups is 7. The summed E-state index contributed by atoms with van der Waals surface area (Å²) in [5.41, 5.74) is 13.7. The zero-order valence-corrected chi connectivity index (χ0v) is 33.4. The van der Waals surface area contributed by atoms with Crippen LogP contribution in [-0.2, 0) is 46.4 Å². The Hall–Kier alpha value is -4.75. The molecule has 2 rings (SSSR count). The van der Waals surface area contributed by atoms with Crippen molar-refractivity contribution in [1.82, 2.24) is 20.4 Å². The van der Waals surface area contributed by atoms with Crippen LogP contribution in [0.4, 0.5) is 0 Å². The van der Waals surface area contributed by atoms with Crippen molar-refractivity contribution >= 4 is 41.2 Å². The molecule has 0 aliphatic heterocycles. The van der Waals surface area contributed by atoms with Crippen LogP contribution < -0.4 is 22.1 Å². The van der Waals surface area contributed by atoms with Crippen molar-refractivity contribution in [3.8, 4) is 0 Å². The van der Waals surface area contributed by atoms with Gasteiger partial charge in [0.05, 0.1) is 24.2 Å². The van der Waals surface area contributed by atoms with Gasteiger partial charge in [0.25, 0.3) is 0 Å². The molecule has 2 unspecified atom stereocenters. The van der Waals surface area contributed by atoms with Crippen LogP contribution in [0.25, 0.3) is 0 Å². The SMILES string of the molecule is CC(=O)N(C(=O)[C@@H](N)C(C)C)[C@H](C(=O)NC(Cc1ccccc1)C(=O)C(Cc1ccccc1)NC(=O)[C@H](C(C)C)N(C(C)=O)C(=O)[C@@H](N)C(C)C)C(C)C. The Balaban J connectivity index is 2.68. The van der Waals surface area contributed by atoms with Crippen LogP contribution in [-0.4, -0.2) is 87.3 Å². The summed E-state index contributed by atoms with van der Waals surface area (Å²) in [5, 5.41) is 5.64. The lowest BCUT2D eigenvalue weighted by molar-refractivity contribution is -0.154. The summed E-state index contributed by atoms with van der Waals surface area (Å²) in [6.45, 7) is 16.0. The number of nitrogens with one attached hydrogen (secondary N) is 2. The summed E-state index contributed by atoms with van der Waals surface area (Å²) in [5.74, 6) is -6.63. The molecule has 0 spiro atoms. The highest BCUT2D eigenvalue weighted by Crippen LogP contribution is 2.20. The molecule has 2 aromatic carbocycles. The standard InChI is InChI=1S/C41H60N6O7/c1-23(2)33(42)40(53)46(27(9)48)35(25(5)6)38(51)44-31(21-29-17-13-11-14-18-29)37(50)32(22-30-19-15-12-16-20-30)45-39(52)36(26(7)8)47(28(10)49)41(54)34(43)24(3)4/h11-20,23-26,31-36H,21-22,42-43H2,1-10H3,(H,44,51)(H,45,52)/t31?,32?,33-,34-,35-,36-/m0/s1. The third kappa shape index (κ3) is 12.1. The number of hydrogen-bond acceptors (Lipinski definition) is 9. The molecule has 0 aliphatic carbocycles. The minimum atomic E-state index is -1.31. The summed E-state index contributed by atoms with van der Waals surface area (Å²) in [7, 11) is 0. The highest BCUT2D eigenvalue weighted by Gasteiger charge is 2.42. The molecular weight excluding hydrogens is 688 g/mol. The molecule has 2 aromatic rings. The van der Waals surface area contributed by atoms with Crippen LogP contribution in [0.5, 0.6) is 0 Å². The third-order valence-corrected chi connectivity index (χ3v) is 9.40. The van der Waals surface area contributed by atoms with Crippen molar-refractivity contribution < 1.29 is 33.6 Å². The van der Waals surface area contributed by atoms with Crippen molar-refractivity contribution in [2.24, 2.45) is 35.1 Å². The fourth-order valence-corrected chi connectivity index (χ4v) is 6.21. The van der Waals surface area contributed by atoms with Gasteiger partial charge in [0, 0.05) is 13.8 Å². The molecule has 6 N–H and O–H groups in total. The third-order valence-electron chi connectivity index (χ3n) is 9.40. The van der Waals surface area contributed by atoms with E-state index in [0.29, 0.717) is 11.1 Å². The van der Waals surface area contributed by atoms with Crippen LogP contribution in [0, 0.1) is 23.7 Å². The van der Waals surface area contributed by atoms with E-state index in [0.717, 1.165) is 9.80 Å². The molecule has 13 heteroatoms. The number of ketones is 1. The zero-order valence-electron chi connectivity index (χ0n) is 33.4. The number of hydrogen-bond donors (Lipinski definition) is 4. The summed E-state index contributed by atoms with van der Waals surface area (Å²) >= 11 is 0. The number of rotatable bonds is 18. The maximum absolute atomic E-state index is 14.8. The Kier molecular flexibility index (Phi) is 17.4. The zero-order chi connectivity index (χ0) is 41.0. The molecule has 54 heavy (non-hydrogen) atoms. The Labute approximate surface area is 320 Å². The van der Waals surface area contributed by atoms with E-state index in [9.17, 15) is 33.6 Å². The highest BCUT2D eigenvalue weighted by molar-refractivity contribution is 6.04. The van der Waals surface area contributed by atoms with E-state index in [1.165, 1.54) is 13.8 Å². The van der Waals surface area contributed by atoms with E-state index in [1.807, 2.05) is 0 Å². The van der Waals surface area contributed by atoms with Crippen molar-refractivity contribution in [1.29, 1.82) is 0 Å². The summed E-state index contributed by atoms with van der Waals surface area (Å²) in [6.07, 6.45) is 0.0116. The van der Waals surface area contributed by atoms with Gasteiger partial charge < -0.3 is 22.1 Å². The number of benzene rings is 2. The number of Topliss-reactive ketones (excluding diaryl/α,β-unsaturated/α-hetero) is 1. The summed E-state index contributed by atoms with van der Waals surface area (Å²) in [4.78, 5) is 97.9. The monoisotopic (exact) mass is 748 g/mol. The fourth-order valence-electron chi connectivity index (χ4n) is 6.21. The van der Waals surface area contributed by atoms with Gasteiger partial charge >= 0.3 is 0 Å². The fraction of sp³-hybridized carbons (Fsp3) is 0.537. The first-order valence-electron chi connectivity index (χ1n) is 18.6. The molecule has 6 amide bonds.